The van der Waals surface area contributed by atoms with Gasteiger partial charge in [0.2, 0.25) is 0 Å². The molecule has 0 spiro atoms. The molecule has 1 rings (SSSR count). The van der Waals surface area contributed by atoms with Crippen molar-refractivity contribution < 1.29 is 5.11 Å². The lowest BCUT2D eigenvalue weighted by Crippen LogP contribution is -2.27. The van der Waals surface area contributed by atoms with Crippen molar-refractivity contribution in [2.75, 3.05) is 13.1 Å². The van der Waals surface area contributed by atoms with Gasteiger partial charge in [-0.2, -0.15) is 0 Å². The van der Waals surface area contributed by atoms with E-state index in [0.29, 0.717) is 0 Å². The van der Waals surface area contributed by atoms with Crippen molar-refractivity contribution in [3.05, 3.63) is 0 Å². The molecule has 10 heavy (non-hydrogen) atoms. The van der Waals surface area contributed by atoms with Crippen molar-refractivity contribution in [2.24, 2.45) is 5.92 Å². The Bertz CT molecular complexity index is 91.3. The highest BCUT2D eigenvalue weighted by molar-refractivity contribution is 4.75. The number of aliphatic hydroxyl groups excluding tert-OH is 1. The Morgan fingerprint density at radius 3 is 2.80 bits per heavy atom. The fraction of sp³-hybridized carbons (Fsp3) is 1.00. The molecule has 2 N–H and O–H groups in total. The van der Waals surface area contributed by atoms with E-state index in [1.54, 1.807) is 0 Å². The SMILES string of the molecule is CCC(O)CNCC1CC1. The lowest BCUT2D eigenvalue weighted by Gasteiger charge is -2.07. The highest BCUT2D eigenvalue weighted by atomic mass is 16.3. The second-order valence-corrected chi connectivity index (χ2v) is 3.16. The summed E-state index contributed by atoms with van der Waals surface area (Å²) in [5, 5.41) is 12.4. The Morgan fingerprint density at radius 1 is 1.60 bits per heavy atom. The summed E-state index contributed by atoms with van der Waals surface area (Å²) in [6, 6.07) is 0. The minimum absolute atomic E-state index is 0.140. The van der Waals surface area contributed by atoms with E-state index < -0.39 is 0 Å². The minimum Gasteiger partial charge on any atom is -0.392 e. The van der Waals surface area contributed by atoms with Gasteiger partial charge in [-0.1, -0.05) is 6.92 Å². The molecule has 1 unspecified atom stereocenters. The van der Waals surface area contributed by atoms with Crippen LogP contribution in [0.25, 0.3) is 0 Å². The minimum atomic E-state index is -0.140. The summed E-state index contributed by atoms with van der Waals surface area (Å²) in [6.07, 6.45) is 3.49. The first-order valence-electron chi connectivity index (χ1n) is 4.21. The maximum absolute atomic E-state index is 9.13. The Kier molecular flexibility index (Phi) is 3.16. The van der Waals surface area contributed by atoms with Crippen LogP contribution < -0.4 is 5.32 Å². The molecule has 1 atom stereocenters. The third kappa shape index (κ3) is 3.18. The van der Waals surface area contributed by atoms with E-state index in [-0.39, 0.29) is 6.10 Å². The molecule has 0 saturated heterocycles. The summed E-state index contributed by atoms with van der Waals surface area (Å²) in [5.41, 5.74) is 0. The smallest absolute Gasteiger partial charge is 0.0662 e. The lowest BCUT2D eigenvalue weighted by molar-refractivity contribution is 0.167. The average molecular weight is 143 g/mol. The molecular formula is C8H17NO. The maximum Gasteiger partial charge on any atom is 0.0662 e. The summed E-state index contributed by atoms with van der Waals surface area (Å²) in [5.74, 6) is 0.920. The van der Waals surface area contributed by atoms with Crippen molar-refractivity contribution in [1.82, 2.24) is 5.32 Å². The van der Waals surface area contributed by atoms with E-state index in [0.717, 1.165) is 25.4 Å². The number of aliphatic hydroxyl groups is 1. The highest BCUT2D eigenvalue weighted by Crippen LogP contribution is 2.27. The topological polar surface area (TPSA) is 32.3 Å². The number of rotatable bonds is 5. The Hall–Kier alpha value is -0.0800. The predicted octanol–water partition coefficient (Wildman–Crippen LogP) is 0.757. The van der Waals surface area contributed by atoms with Crippen LogP contribution in [0.15, 0.2) is 0 Å². The van der Waals surface area contributed by atoms with Crippen molar-refractivity contribution in [2.45, 2.75) is 32.3 Å². The van der Waals surface area contributed by atoms with Gasteiger partial charge in [0.15, 0.2) is 0 Å². The van der Waals surface area contributed by atoms with Gasteiger partial charge in [0.25, 0.3) is 0 Å². The van der Waals surface area contributed by atoms with Crippen LogP contribution in [0.2, 0.25) is 0 Å². The largest absolute Gasteiger partial charge is 0.392 e. The first-order valence-corrected chi connectivity index (χ1v) is 4.21. The normalized spacial score (nSPS) is 21.0. The van der Waals surface area contributed by atoms with Crippen LogP contribution in [0.4, 0.5) is 0 Å². The Balaban J connectivity index is 1.83. The second-order valence-electron chi connectivity index (χ2n) is 3.16. The molecule has 0 radical (unpaired) electrons. The Labute approximate surface area is 62.6 Å². The van der Waals surface area contributed by atoms with Crippen LogP contribution in [-0.2, 0) is 0 Å². The summed E-state index contributed by atoms with van der Waals surface area (Å²) in [7, 11) is 0. The molecular weight excluding hydrogens is 126 g/mol. The molecule has 60 valence electrons. The zero-order chi connectivity index (χ0) is 7.40. The number of hydrogen-bond donors (Lipinski definition) is 2. The fourth-order valence-corrected chi connectivity index (χ4v) is 0.920. The fourth-order valence-electron chi connectivity index (χ4n) is 0.920. The predicted molar refractivity (Wildman–Crippen MR) is 41.9 cm³/mol. The molecule has 1 saturated carbocycles. The summed E-state index contributed by atoms with van der Waals surface area (Å²) in [4.78, 5) is 0. The zero-order valence-corrected chi connectivity index (χ0v) is 6.64. The molecule has 2 nitrogen and oxygen atoms in total. The molecule has 2 heteroatoms. The van der Waals surface area contributed by atoms with Crippen LogP contribution in [0, 0.1) is 5.92 Å². The summed E-state index contributed by atoms with van der Waals surface area (Å²) >= 11 is 0. The standard InChI is InChI=1S/C8H17NO/c1-2-8(10)6-9-5-7-3-4-7/h7-10H,2-6H2,1H3. The quantitative estimate of drug-likeness (QED) is 0.595. The molecule has 0 heterocycles. The van der Waals surface area contributed by atoms with E-state index in [4.69, 9.17) is 5.11 Å². The molecule has 0 aromatic rings. The van der Waals surface area contributed by atoms with Crippen molar-refractivity contribution in [3.8, 4) is 0 Å². The van der Waals surface area contributed by atoms with Crippen LogP contribution in [0.1, 0.15) is 26.2 Å². The third-order valence-corrected chi connectivity index (χ3v) is 1.98. The van der Waals surface area contributed by atoms with E-state index in [9.17, 15) is 0 Å². The van der Waals surface area contributed by atoms with Gasteiger partial charge in [-0.15, -0.1) is 0 Å². The van der Waals surface area contributed by atoms with Crippen molar-refractivity contribution in [3.63, 3.8) is 0 Å². The van der Waals surface area contributed by atoms with Gasteiger partial charge < -0.3 is 10.4 Å². The van der Waals surface area contributed by atoms with E-state index >= 15 is 0 Å². The molecule has 1 aliphatic carbocycles. The third-order valence-electron chi connectivity index (χ3n) is 1.98. The van der Waals surface area contributed by atoms with Crippen LogP contribution >= 0.6 is 0 Å². The van der Waals surface area contributed by atoms with Gasteiger partial charge in [-0.3, -0.25) is 0 Å². The van der Waals surface area contributed by atoms with Crippen LogP contribution in [0.5, 0.6) is 0 Å². The van der Waals surface area contributed by atoms with E-state index in [2.05, 4.69) is 5.32 Å². The number of nitrogens with one attached hydrogen (secondary N) is 1. The van der Waals surface area contributed by atoms with Gasteiger partial charge >= 0.3 is 0 Å². The van der Waals surface area contributed by atoms with Crippen LogP contribution in [-0.4, -0.2) is 24.3 Å². The average Bonchev–Trinajstić information content (AvgIpc) is 2.71. The lowest BCUT2D eigenvalue weighted by atomic mass is 10.3. The molecule has 0 aromatic carbocycles. The molecule has 0 bridgehead atoms. The zero-order valence-electron chi connectivity index (χ0n) is 6.64. The van der Waals surface area contributed by atoms with Gasteiger partial charge in [0, 0.05) is 6.54 Å². The molecule has 0 aliphatic heterocycles. The van der Waals surface area contributed by atoms with Crippen molar-refractivity contribution >= 4 is 0 Å². The second kappa shape index (κ2) is 3.94. The van der Waals surface area contributed by atoms with E-state index in [1.165, 1.54) is 12.8 Å². The van der Waals surface area contributed by atoms with Gasteiger partial charge in [-0.25, -0.2) is 0 Å². The maximum atomic E-state index is 9.13. The summed E-state index contributed by atoms with van der Waals surface area (Å²) < 4.78 is 0. The first-order chi connectivity index (χ1) is 4.83. The number of hydrogen-bond acceptors (Lipinski definition) is 2. The Morgan fingerprint density at radius 2 is 2.30 bits per heavy atom. The van der Waals surface area contributed by atoms with Gasteiger partial charge in [0.1, 0.15) is 0 Å². The molecule has 0 amide bonds. The van der Waals surface area contributed by atoms with Crippen molar-refractivity contribution in [1.29, 1.82) is 0 Å². The van der Waals surface area contributed by atoms with Crippen LogP contribution in [0.3, 0.4) is 0 Å². The molecule has 0 aromatic heterocycles. The van der Waals surface area contributed by atoms with E-state index in [1.807, 2.05) is 6.92 Å². The summed E-state index contributed by atoms with van der Waals surface area (Å²) in [6.45, 7) is 3.88. The monoisotopic (exact) mass is 143 g/mol. The van der Waals surface area contributed by atoms with Gasteiger partial charge in [0.05, 0.1) is 6.10 Å². The molecule has 1 aliphatic rings. The highest BCUT2D eigenvalue weighted by Gasteiger charge is 2.20. The first kappa shape index (κ1) is 8.02. The molecule has 1 fully saturated rings. The van der Waals surface area contributed by atoms with Gasteiger partial charge in [-0.05, 0) is 31.7 Å².